The van der Waals surface area contributed by atoms with Crippen molar-refractivity contribution in [3.8, 4) is 0 Å². The van der Waals surface area contributed by atoms with Crippen LogP contribution in [-0.4, -0.2) is 44.2 Å². The first-order valence-corrected chi connectivity index (χ1v) is 11.3. The number of benzene rings is 1. The SMILES string of the molecule is Cc1cc(Nc2ccc(F)c(CC3(C(=O)O)CCN(Cc4cccc(Cl)c4C)CC3)n2)n[nH]1. The van der Waals surface area contributed by atoms with Crippen molar-refractivity contribution < 1.29 is 14.3 Å². The van der Waals surface area contributed by atoms with Gasteiger partial charge in [0.2, 0.25) is 0 Å². The second-order valence-electron chi connectivity index (χ2n) is 8.75. The average molecular weight is 472 g/mol. The molecule has 1 aliphatic heterocycles. The fraction of sp³-hybridized carbons (Fsp3) is 0.375. The third-order valence-electron chi connectivity index (χ3n) is 6.43. The quantitative estimate of drug-likeness (QED) is 0.455. The lowest BCUT2D eigenvalue weighted by Gasteiger charge is -2.39. The second kappa shape index (κ2) is 9.49. The van der Waals surface area contributed by atoms with Gasteiger partial charge in [-0.15, -0.1) is 0 Å². The normalized spacial score (nSPS) is 16.0. The number of piperidine rings is 1. The summed E-state index contributed by atoms with van der Waals surface area (Å²) >= 11 is 6.24. The van der Waals surface area contributed by atoms with Crippen molar-refractivity contribution in [2.24, 2.45) is 5.41 Å². The number of nitrogens with zero attached hydrogens (tertiary/aromatic N) is 3. The first-order valence-electron chi connectivity index (χ1n) is 10.9. The zero-order chi connectivity index (χ0) is 23.6. The summed E-state index contributed by atoms with van der Waals surface area (Å²) in [5.74, 6) is -0.428. The van der Waals surface area contributed by atoms with Crippen molar-refractivity contribution in [3.63, 3.8) is 0 Å². The van der Waals surface area contributed by atoms with Gasteiger partial charge in [0.05, 0.1) is 11.1 Å². The molecular formula is C24H27ClFN5O2. The van der Waals surface area contributed by atoms with Crippen LogP contribution in [0.1, 0.15) is 35.4 Å². The Morgan fingerprint density at radius 2 is 2.00 bits per heavy atom. The molecule has 1 fully saturated rings. The Hall–Kier alpha value is -2.97. The Kier molecular flexibility index (Phi) is 6.67. The Labute approximate surface area is 197 Å². The number of aliphatic carboxylic acids is 1. The van der Waals surface area contributed by atoms with Gasteiger partial charge < -0.3 is 10.4 Å². The summed E-state index contributed by atoms with van der Waals surface area (Å²) in [5.41, 5.74) is 2.13. The molecule has 1 aliphatic rings. The minimum atomic E-state index is -1.06. The number of halogens is 2. The summed E-state index contributed by atoms with van der Waals surface area (Å²) in [6.45, 7) is 5.77. The number of anilines is 2. The van der Waals surface area contributed by atoms with Crippen molar-refractivity contribution in [2.45, 2.75) is 39.7 Å². The van der Waals surface area contributed by atoms with E-state index in [1.54, 1.807) is 6.07 Å². The molecule has 1 saturated heterocycles. The largest absolute Gasteiger partial charge is 0.481 e. The fourth-order valence-electron chi connectivity index (χ4n) is 4.28. The van der Waals surface area contributed by atoms with Crippen LogP contribution in [0, 0.1) is 25.1 Å². The van der Waals surface area contributed by atoms with Crippen molar-refractivity contribution in [1.29, 1.82) is 0 Å². The Morgan fingerprint density at radius 3 is 2.67 bits per heavy atom. The van der Waals surface area contributed by atoms with Gasteiger partial charge in [0.25, 0.3) is 0 Å². The van der Waals surface area contributed by atoms with Crippen LogP contribution in [-0.2, 0) is 17.8 Å². The molecule has 0 saturated carbocycles. The van der Waals surface area contributed by atoms with Crippen LogP contribution >= 0.6 is 11.6 Å². The molecule has 0 unspecified atom stereocenters. The molecule has 1 aromatic carbocycles. The molecule has 0 radical (unpaired) electrons. The zero-order valence-corrected chi connectivity index (χ0v) is 19.4. The number of carboxylic acid groups (broad SMARTS) is 1. The number of nitrogens with one attached hydrogen (secondary N) is 2. The van der Waals surface area contributed by atoms with Gasteiger partial charge in [-0.3, -0.25) is 14.8 Å². The monoisotopic (exact) mass is 471 g/mol. The van der Waals surface area contributed by atoms with E-state index in [-0.39, 0.29) is 12.1 Å². The molecule has 33 heavy (non-hydrogen) atoms. The number of carbonyl (C=O) groups is 1. The van der Waals surface area contributed by atoms with Gasteiger partial charge in [0.15, 0.2) is 5.82 Å². The molecule has 3 N–H and O–H groups in total. The van der Waals surface area contributed by atoms with E-state index in [9.17, 15) is 14.3 Å². The highest BCUT2D eigenvalue weighted by Gasteiger charge is 2.42. The zero-order valence-electron chi connectivity index (χ0n) is 18.7. The smallest absolute Gasteiger partial charge is 0.310 e. The van der Waals surface area contributed by atoms with Crippen LogP contribution in [0.15, 0.2) is 36.4 Å². The van der Waals surface area contributed by atoms with Crippen LogP contribution in [0.4, 0.5) is 16.0 Å². The Balaban J connectivity index is 1.47. The molecule has 3 aromatic rings. The Morgan fingerprint density at radius 1 is 1.24 bits per heavy atom. The first-order chi connectivity index (χ1) is 15.8. The van der Waals surface area contributed by atoms with Crippen LogP contribution in [0.2, 0.25) is 5.02 Å². The number of likely N-dealkylation sites (tertiary alicyclic amines) is 1. The fourth-order valence-corrected chi connectivity index (χ4v) is 4.48. The van der Waals surface area contributed by atoms with Crippen LogP contribution < -0.4 is 5.32 Å². The number of hydrogen-bond acceptors (Lipinski definition) is 5. The molecule has 7 nitrogen and oxygen atoms in total. The molecule has 0 atom stereocenters. The Bertz CT molecular complexity index is 1160. The van der Waals surface area contributed by atoms with E-state index in [1.165, 1.54) is 12.1 Å². The molecule has 9 heteroatoms. The first kappa shape index (κ1) is 23.2. The van der Waals surface area contributed by atoms with Gasteiger partial charge in [-0.1, -0.05) is 23.7 Å². The van der Waals surface area contributed by atoms with E-state index in [0.717, 1.165) is 21.8 Å². The van der Waals surface area contributed by atoms with Gasteiger partial charge in [-0.2, -0.15) is 5.10 Å². The van der Waals surface area contributed by atoms with E-state index in [2.05, 4.69) is 25.4 Å². The van der Waals surface area contributed by atoms with E-state index in [1.807, 2.05) is 32.0 Å². The molecule has 3 heterocycles. The molecule has 0 bridgehead atoms. The number of aromatic nitrogens is 3. The summed E-state index contributed by atoms with van der Waals surface area (Å²) in [7, 11) is 0. The van der Waals surface area contributed by atoms with E-state index in [0.29, 0.717) is 44.1 Å². The maximum Gasteiger partial charge on any atom is 0.310 e. The number of rotatable bonds is 7. The molecule has 0 amide bonds. The lowest BCUT2D eigenvalue weighted by atomic mass is 9.74. The number of aryl methyl sites for hydroxylation is 1. The minimum Gasteiger partial charge on any atom is -0.481 e. The predicted octanol–water partition coefficient (Wildman–Crippen LogP) is 4.87. The number of aromatic amines is 1. The highest BCUT2D eigenvalue weighted by atomic mass is 35.5. The number of H-pyrrole nitrogens is 1. The lowest BCUT2D eigenvalue weighted by molar-refractivity contribution is -0.152. The summed E-state index contributed by atoms with van der Waals surface area (Å²) in [5, 5.41) is 20.8. The van der Waals surface area contributed by atoms with Crippen LogP contribution in [0.5, 0.6) is 0 Å². The van der Waals surface area contributed by atoms with E-state index >= 15 is 0 Å². The van der Waals surface area contributed by atoms with Crippen molar-refractivity contribution >= 4 is 29.2 Å². The molecule has 4 rings (SSSR count). The summed E-state index contributed by atoms with van der Waals surface area (Å²) in [6.07, 6.45) is 0.867. The van der Waals surface area contributed by atoms with Gasteiger partial charge in [-0.05, 0) is 69.1 Å². The molecular weight excluding hydrogens is 445 g/mol. The maximum atomic E-state index is 14.6. The van der Waals surface area contributed by atoms with E-state index in [4.69, 9.17) is 11.6 Å². The molecule has 0 aliphatic carbocycles. The minimum absolute atomic E-state index is 0.0350. The number of hydrogen-bond donors (Lipinski definition) is 3. The van der Waals surface area contributed by atoms with Crippen molar-refractivity contribution in [1.82, 2.24) is 20.1 Å². The van der Waals surface area contributed by atoms with Gasteiger partial charge in [0, 0.05) is 29.7 Å². The molecule has 2 aromatic heterocycles. The standard InChI is InChI=1S/C24H27ClFN5O2/c1-15-12-22(30-29-15)28-21-7-6-19(26)20(27-21)13-24(23(32)33)8-10-31(11-9-24)14-17-4-3-5-18(25)16(17)2/h3-7,12H,8-11,13-14H2,1-2H3,(H,32,33)(H2,27,28,29,30). The van der Waals surface area contributed by atoms with Crippen molar-refractivity contribution in [3.05, 3.63) is 69.8 Å². The van der Waals surface area contributed by atoms with Gasteiger partial charge >= 0.3 is 5.97 Å². The van der Waals surface area contributed by atoms with Gasteiger partial charge in [-0.25, -0.2) is 9.37 Å². The summed E-state index contributed by atoms with van der Waals surface area (Å²) in [6, 6.07) is 10.5. The second-order valence-corrected chi connectivity index (χ2v) is 9.16. The topological polar surface area (TPSA) is 94.1 Å². The summed E-state index contributed by atoms with van der Waals surface area (Å²) in [4.78, 5) is 18.9. The van der Waals surface area contributed by atoms with Gasteiger partial charge in [0.1, 0.15) is 11.6 Å². The average Bonchev–Trinajstić information content (AvgIpc) is 3.19. The highest BCUT2D eigenvalue weighted by molar-refractivity contribution is 6.31. The predicted molar refractivity (Wildman–Crippen MR) is 125 cm³/mol. The maximum absolute atomic E-state index is 14.6. The molecule has 174 valence electrons. The van der Waals surface area contributed by atoms with E-state index < -0.39 is 17.2 Å². The molecule has 0 spiro atoms. The van der Waals surface area contributed by atoms with Crippen molar-refractivity contribution in [2.75, 3.05) is 18.4 Å². The summed E-state index contributed by atoms with van der Waals surface area (Å²) < 4.78 is 14.6. The number of carboxylic acids is 1. The van der Waals surface area contributed by atoms with Crippen LogP contribution in [0.3, 0.4) is 0 Å². The lowest BCUT2D eigenvalue weighted by Crippen LogP contribution is -2.45. The van der Waals surface area contributed by atoms with Crippen LogP contribution in [0.25, 0.3) is 0 Å². The third-order valence-corrected chi connectivity index (χ3v) is 6.84. The highest BCUT2D eigenvalue weighted by Crippen LogP contribution is 2.37. The third kappa shape index (κ3) is 5.17. The number of pyridine rings is 1.